The number of carbonyl (C=O) groups excluding carboxylic acids is 1. The lowest BCUT2D eigenvalue weighted by Crippen LogP contribution is -2.36. The predicted molar refractivity (Wildman–Crippen MR) is 71.0 cm³/mol. The molecule has 0 fully saturated rings. The normalized spacial score (nSPS) is 12.0. The van der Waals surface area contributed by atoms with Crippen LogP contribution < -0.4 is 5.32 Å². The lowest BCUT2D eigenvalue weighted by Gasteiger charge is -2.19. The number of nitrogens with zero attached hydrogens (tertiary/aromatic N) is 3. The van der Waals surface area contributed by atoms with Crippen molar-refractivity contribution in [2.75, 3.05) is 39.2 Å². The maximum Gasteiger partial charge on any atom is 0.273 e. The van der Waals surface area contributed by atoms with Crippen LogP contribution in [0.4, 0.5) is 5.82 Å². The van der Waals surface area contributed by atoms with Gasteiger partial charge in [0.2, 0.25) is 0 Å². The highest BCUT2D eigenvalue weighted by Gasteiger charge is 2.16. The Hall–Kier alpha value is -1.73. The third-order valence-corrected chi connectivity index (χ3v) is 2.42. The molecule has 1 unspecified atom stereocenters. The quantitative estimate of drug-likeness (QED) is 0.723. The topological polar surface area (TPSA) is 87.6 Å². The van der Waals surface area contributed by atoms with E-state index in [0.29, 0.717) is 5.82 Å². The monoisotopic (exact) mass is 268 g/mol. The fourth-order valence-corrected chi connectivity index (χ4v) is 1.55. The van der Waals surface area contributed by atoms with Gasteiger partial charge in [-0.05, 0) is 6.92 Å². The van der Waals surface area contributed by atoms with E-state index in [4.69, 9.17) is 4.74 Å². The Labute approximate surface area is 112 Å². The number of nitrogens with one attached hydrogen (secondary N) is 1. The SMILES string of the molecule is CCNc1cnc(C(=O)N(C)CC(O)COC)cn1. The van der Waals surface area contributed by atoms with Crippen LogP contribution >= 0.6 is 0 Å². The Balaban J connectivity index is 2.60. The molecule has 1 rings (SSSR count). The van der Waals surface area contributed by atoms with Crippen LogP contribution in [0.3, 0.4) is 0 Å². The third-order valence-electron chi connectivity index (χ3n) is 2.42. The number of hydrogen-bond donors (Lipinski definition) is 2. The standard InChI is InChI=1S/C12H20N4O3/c1-4-13-11-6-14-10(5-15-11)12(18)16(2)7-9(17)8-19-3/h5-6,9,17H,4,7-8H2,1-3H3,(H,13,15). The lowest BCUT2D eigenvalue weighted by molar-refractivity contribution is 0.0377. The minimum atomic E-state index is -0.715. The summed E-state index contributed by atoms with van der Waals surface area (Å²) in [6.07, 6.45) is 2.21. The van der Waals surface area contributed by atoms with Gasteiger partial charge in [0.1, 0.15) is 11.5 Å². The molecule has 7 nitrogen and oxygen atoms in total. The van der Waals surface area contributed by atoms with Crippen molar-refractivity contribution in [2.45, 2.75) is 13.0 Å². The van der Waals surface area contributed by atoms with Crippen molar-refractivity contribution in [3.63, 3.8) is 0 Å². The summed E-state index contributed by atoms with van der Waals surface area (Å²) in [4.78, 5) is 21.5. The van der Waals surface area contributed by atoms with E-state index in [9.17, 15) is 9.90 Å². The van der Waals surface area contributed by atoms with E-state index >= 15 is 0 Å². The lowest BCUT2D eigenvalue weighted by atomic mass is 10.3. The second kappa shape index (κ2) is 7.65. The van der Waals surface area contributed by atoms with Gasteiger partial charge in [0, 0.05) is 27.2 Å². The molecule has 0 spiro atoms. The van der Waals surface area contributed by atoms with Crippen LogP contribution in [-0.4, -0.2) is 65.8 Å². The van der Waals surface area contributed by atoms with Crippen molar-refractivity contribution in [1.82, 2.24) is 14.9 Å². The molecule has 0 bridgehead atoms. The maximum atomic E-state index is 12.0. The summed E-state index contributed by atoms with van der Waals surface area (Å²) >= 11 is 0. The van der Waals surface area contributed by atoms with Crippen LogP contribution in [0.25, 0.3) is 0 Å². The van der Waals surface area contributed by atoms with Gasteiger partial charge in [-0.15, -0.1) is 0 Å². The van der Waals surface area contributed by atoms with Crippen molar-refractivity contribution in [1.29, 1.82) is 0 Å². The molecule has 19 heavy (non-hydrogen) atoms. The molecule has 0 aliphatic heterocycles. The Morgan fingerprint density at radius 1 is 1.53 bits per heavy atom. The van der Waals surface area contributed by atoms with Crippen molar-refractivity contribution in [3.8, 4) is 0 Å². The Morgan fingerprint density at radius 3 is 2.79 bits per heavy atom. The van der Waals surface area contributed by atoms with Crippen molar-refractivity contribution >= 4 is 11.7 Å². The largest absolute Gasteiger partial charge is 0.389 e. The minimum Gasteiger partial charge on any atom is -0.389 e. The number of hydrogen-bond acceptors (Lipinski definition) is 6. The van der Waals surface area contributed by atoms with Gasteiger partial charge in [0.25, 0.3) is 5.91 Å². The first-order valence-electron chi connectivity index (χ1n) is 6.06. The summed E-state index contributed by atoms with van der Waals surface area (Å²) in [6.45, 7) is 3.06. The zero-order valence-corrected chi connectivity index (χ0v) is 11.5. The van der Waals surface area contributed by atoms with Gasteiger partial charge in [-0.25, -0.2) is 9.97 Å². The Morgan fingerprint density at radius 2 is 2.26 bits per heavy atom. The molecule has 7 heteroatoms. The number of likely N-dealkylation sites (N-methyl/N-ethyl adjacent to an activating group) is 1. The van der Waals surface area contributed by atoms with Gasteiger partial charge in [-0.1, -0.05) is 0 Å². The number of anilines is 1. The molecule has 0 aliphatic rings. The molecule has 0 aromatic carbocycles. The number of aliphatic hydroxyl groups is 1. The van der Waals surface area contributed by atoms with Crippen LogP contribution in [0.2, 0.25) is 0 Å². The molecule has 2 N–H and O–H groups in total. The number of amides is 1. The number of aliphatic hydroxyl groups excluding tert-OH is 1. The summed E-state index contributed by atoms with van der Waals surface area (Å²) < 4.78 is 4.81. The molecular weight excluding hydrogens is 248 g/mol. The number of aromatic nitrogens is 2. The molecule has 0 saturated carbocycles. The second-order valence-electron chi connectivity index (χ2n) is 4.11. The van der Waals surface area contributed by atoms with Crippen molar-refractivity contribution < 1.29 is 14.6 Å². The van der Waals surface area contributed by atoms with Gasteiger partial charge >= 0.3 is 0 Å². The smallest absolute Gasteiger partial charge is 0.273 e. The zero-order valence-electron chi connectivity index (χ0n) is 11.5. The molecule has 106 valence electrons. The molecule has 0 saturated heterocycles. The van der Waals surface area contributed by atoms with Crippen molar-refractivity contribution in [2.24, 2.45) is 0 Å². The van der Waals surface area contributed by atoms with Gasteiger partial charge in [-0.3, -0.25) is 4.79 Å². The highest BCUT2D eigenvalue weighted by atomic mass is 16.5. The van der Waals surface area contributed by atoms with Crippen molar-refractivity contribution in [3.05, 3.63) is 18.1 Å². The van der Waals surface area contributed by atoms with Gasteiger partial charge in [-0.2, -0.15) is 0 Å². The predicted octanol–water partition coefficient (Wildman–Crippen LogP) is -0.0123. The molecule has 1 amide bonds. The van der Waals surface area contributed by atoms with Crippen LogP contribution in [0.15, 0.2) is 12.4 Å². The second-order valence-corrected chi connectivity index (χ2v) is 4.11. The van der Waals surface area contributed by atoms with E-state index in [1.165, 1.54) is 24.4 Å². The minimum absolute atomic E-state index is 0.183. The molecule has 1 heterocycles. The summed E-state index contributed by atoms with van der Waals surface area (Å²) in [5.41, 5.74) is 0.244. The van der Waals surface area contributed by atoms with E-state index in [2.05, 4.69) is 15.3 Å². The molecule has 0 radical (unpaired) electrons. The first kappa shape index (κ1) is 15.3. The molecule has 1 aromatic heterocycles. The van der Waals surface area contributed by atoms with Crippen LogP contribution in [-0.2, 0) is 4.74 Å². The van der Waals surface area contributed by atoms with Crippen LogP contribution in [0.5, 0.6) is 0 Å². The Kier molecular flexibility index (Phi) is 6.17. The average Bonchev–Trinajstić information content (AvgIpc) is 2.39. The van der Waals surface area contributed by atoms with E-state index in [1.807, 2.05) is 6.92 Å². The van der Waals surface area contributed by atoms with E-state index in [0.717, 1.165) is 6.54 Å². The van der Waals surface area contributed by atoms with Crippen LogP contribution in [0, 0.1) is 0 Å². The zero-order chi connectivity index (χ0) is 14.3. The molecule has 1 atom stereocenters. The maximum absolute atomic E-state index is 12.0. The summed E-state index contributed by atoms with van der Waals surface area (Å²) in [5.74, 6) is 0.340. The highest BCUT2D eigenvalue weighted by Crippen LogP contribution is 2.04. The fourth-order valence-electron chi connectivity index (χ4n) is 1.55. The first-order valence-corrected chi connectivity index (χ1v) is 6.06. The highest BCUT2D eigenvalue weighted by molar-refractivity contribution is 5.91. The number of rotatable bonds is 7. The number of methoxy groups -OCH3 is 1. The van der Waals surface area contributed by atoms with Crippen LogP contribution in [0.1, 0.15) is 17.4 Å². The Bertz CT molecular complexity index is 396. The summed E-state index contributed by atoms with van der Waals surface area (Å²) in [5, 5.41) is 12.6. The van der Waals surface area contributed by atoms with Gasteiger partial charge < -0.3 is 20.1 Å². The van der Waals surface area contributed by atoms with E-state index < -0.39 is 6.10 Å². The average molecular weight is 268 g/mol. The fraction of sp³-hybridized carbons (Fsp3) is 0.583. The number of ether oxygens (including phenoxy) is 1. The van der Waals surface area contributed by atoms with E-state index in [1.54, 1.807) is 7.05 Å². The molecular formula is C12H20N4O3. The van der Waals surface area contributed by atoms with Gasteiger partial charge in [0.05, 0.1) is 25.1 Å². The first-order chi connectivity index (χ1) is 9.08. The summed E-state index contributed by atoms with van der Waals surface area (Å²) in [6, 6.07) is 0. The van der Waals surface area contributed by atoms with E-state index in [-0.39, 0.29) is 24.8 Å². The molecule has 1 aromatic rings. The third kappa shape index (κ3) is 4.80. The number of carbonyl (C=O) groups is 1. The molecule has 0 aliphatic carbocycles. The van der Waals surface area contributed by atoms with Gasteiger partial charge in [0.15, 0.2) is 0 Å². The summed E-state index contributed by atoms with van der Waals surface area (Å²) in [7, 11) is 3.09.